The van der Waals surface area contributed by atoms with Crippen LogP contribution in [-0.2, 0) is 16.4 Å². The Balaban J connectivity index is 1.85. The first-order chi connectivity index (χ1) is 10.5. The van der Waals surface area contributed by atoms with Gasteiger partial charge in [0, 0.05) is 6.54 Å². The molecule has 4 nitrogen and oxygen atoms in total. The first kappa shape index (κ1) is 16.5. The van der Waals surface area contributed by atoms with Crippen LogP contribution in [-0.4, -0.2) is 22.1 Å². The van der Waals surface area contributed by atoms with Crippen LogP contribution >= 0.6 is 0 Å². The first-order valence-corrected chi connectivity index (χ1v) is 8.69. The molecule has 2 rings (SSSR count). The summed E-state index contributed by atoms with van der Waals surface area (Å²) >= 11 is 0. The van der Waals surface area contributed by atoms with Crippen LogP contribution in [0.3, 0.4) is 0 Å². The van der Waals surface area contributed by atoms with Gasteiger partial charge >= 0.3 is 0 Å². The summed E-state index contributed by atoms with van der Waals surface area (Å²) in [6, 6.07) is 14.7. The minimum atomic E-state index is -3.42. The van der Waals surface area contributed by atoms with Gasteiger partial charge in [0.2, 0.25) is 10.0 Å². The summed E-state index contributed by atoms with van der Waals surface area (Å²) in [7, 11) is -1.78. The van der Waals surface area contributed by atoms with Crippen LogP contribution in [0.4, 0.5) is 0 Å². The van der Waals surface area contributed by atoms with Gasteiger partial charge in [-0.1, -0.05) is 24.3 Å². The van der Waals surface area contributed by atoms with Crippen molar-refractivity contribution < 1.29 is 13.2 Å². The molecule has 0 saturated carbocycles. The third-order valence-electron chi connectivity index (χ3n) is 3.39. The van der Waals surface area contributed by atoms with Crippen LogP contribution in [0.5, 0.6) is 5.75 Å². The van der Waals surface area contributed by atoms with E-state index in [2.05, 4.69) is 4.72 Å². The van der Waals surface area contributed by atoms with E-state index in [1.165, 1.54) is 0 Å². The summed E-state index contributed by atoms with van der Waals surface area (Å²) in [5.74, 6) is 0.823. The van der Waals surface area contributed by atoms with Crippen LogP contribution in [0.15, 0.2) is 53.4 Å². The summed E-state index contributed by atoms with van der Waals surface area (Å²) in [5, 5.41) is 0. The molecule has 0 aliphatic heterocycles. The Hall–Kier alpha value is -1.85. The Morgan fingerprint density at radius 3 is 2.45 bits per heavy atom. The standard InChI is InChI=1S/C17H21NO3S/c1-14-5-3-7-17(13-14)22(19,20)18-12-4-6-15-8-10-16(21-2)11-9-15/h3,5,7-11,13,18H,4,6,12H2,1-2H3. The number of ether oxygens (including phenoxy) is 1. The van der Waals surface area contributed by atoms with Crippen LogP contribution in [0, 0.1) is 6.92 Å². The predicted octanol–water partition coefficient (Wildman–Crippen LogP) is 2.91. The molecule has 5 heteroatoms. The molecule has 0 atom stereocenters. The van der Waals surface area contributed by atoms with Gasteiger partial charge in [-0.15, -0.1) is 0 Å². The molecule has 22 heavy (non-hydrogen) atoms. The first-order valence-electron chi connectivity index (χ1n) is 7.20. The minimum Gasteiger partial charge on any atom is -0.497 e. The van der Waals surface area contributed by atoms with Crippen molar-refractivity contribution in [3.8, 4) is 5.75 Å². The number of aryl methyl sites for hydroxylation is 2. The molecule has 0 aliphatic carbocycles. The van der Waals surface area contributed by atoms with Gasteiger partial charge in [-0.2, -0.15) is 0 Å². The van der Waals surface area contributed by atoms with Crippen molar-refractivity contribution in [2.24, 2.45) is 0 Å². The summed E-state index contributed by atoms with van der Waals surface area (Å²) in [5.41, 5.74) is 2.09. The van der Waals surface area contributed by atoms with Gasteiger partial charge in [-0.05, 0) is 55.2 Å². The maximum atomic E-state index is 12.2. The molecule has 0 bridgehead atoms. The van der Waals surface area contributed by atoms with Crippen LogP contribution in [0.1, 0.15) is 17.5 Å². The van der Waals surface area contributed by atoms with E-state index in [9.17, 15) is 8.42 Å². The SMILES string of the molecule is COc1ccc(CCCNS(=O)(=O)c2cccc(C)c2)cc1. The van der Waals surface area contributed by atoms with Crippen LogP contribution < -0.4 is 9.46 Å². The average molecular weight is 319 g/mol. The van der Waals surface area contributed by atoms with E-state index in [0.717, 1.165) is 29.7 Å². The molecule has 0 spiro atoms. The second-order valence-electron chi connectivity index (χ2n) is 5.17. The fraction of sp³-hybridized carbons (Fsp3) is 0.294. The topological polar surface area (TPSA) is 55.4 Å². The molecular formula is C17H21NO3S. The second kappa shape index (κ2) is 7.42. The molecule has 0 unspecified atom stereocenters. The summed E-state index contributed by atoms with van der Waals surface area (Å²) in [6.45, 7) is 2.30. The second-order valence-corrected chi connectivity index (χ2v) is 6.93. The molecule has 0 amide bonds. The Labute approximate surface area is 132 Å². The fourth-order valence-electron chi connectivity index (χ4n) is 2.16. The van der Waals surface area contributed by atoms with Gasteiger partial charge < -0.3 is 4.74 Å². The highest BCUT2D eigenvalue weighted by Crippen LogP contribution is 2.13. The summed E-state index contributed by atoms with van der Waals surface area (Å²) in [4.78, 5) is 0.317. The van der Waals surface area contributed by atoms with E-state index >= 15 is 0 Å². The van der Waals surface area contributed by atoms with Crippen molar-refractivity contribution >= 4 is 10.0 Å². The molecule has 118 valence electrons. The van der Waals surface area contributed by atoms with Crippen molar-refractivity contribution in [2.45, 2.75) is 24.7 Å². The predicted molar refractivity (Wildman–Crippen MR) is 87.7 cm³/mol. The van der Waals surface area contributed by atoms with Gasteiger partial charge in [0.25, 0.3) is 0 Å². The molecule has 0 radical (unpaired) electrons. The van der Waals surface area contributed by atoms with E-state index in [1.807, 2.05) is 37.3 Å². The van der Waals surface area contributed by atoms with Crippen molar-refractivity contribution in [3.05, 3.63) is 59.7 Å². The number of hydrogen-bond donors (Lipinski definition) is 1. The molecule has 0 heterocycles. The molecule has 0 fully saturated rings. The van der Waals surface area contributed by atoms with Crippen LogP contribution in [0.2, 0.25) is 0 Å². The number of nitrogens with one attached hydrogen (secondary N) is 1. The largest absolute Gasteiger partial charge is 0.497 e. The highest BCUT2D eigenvalue weighted by Gasteiger charge is 2.12. The third-order valence-corrected chi connectivity index (χ3v) is 4.85. The Bertz CT molecular complexity index is 709. The van der Waals surface area contributed by atoms with Gasteiger partial charge in [-0.3, -0.25) is 0 Å². The maximum Gasteiger partial charge on any atom is 0.240 e. The molecule has 0 saturated heterocycles. The normalized spacial score (nSPS) is 11.4. The summed E-state index contributed by atoms with van der Waals surface area (Å²) < 4.78 is 32.1. The molecular weight excluding hydrogens is 298 g/mol. The Morgan fingerprint density at radius 1 is 1.09 bits per heavy atom. The smallest absolute Gasteiger partial charge is 0.240 e. The minimum absolute atomic E-state index is 0.317. The highest BCUT2D eigenvalue weighted by atomic mass is 32.2. The zero-order valence-corrected chi connectivity index (χ0v) is 13.7. The Morgan fingerprint density at radius 2 is 1.82 bits per heavy atom. The van der Waals surface area contributed by atoms with Crippen molar-refractivity contribution in [3.63, 3.8) is 0 Å². The molecule has 1 N–H and O–H groups in total. The highest BCUT2D eigenvalue weighted by molar-refractivity contribution is 7.89. The zero-order chi connectivity index (χ0) is 16.0. The number of hydrogen-bond acceptors (Lipinski definition) is 3. The monoisotopic (exact) mass is 319 g/mol. The van der Waals surface area contributed by atoms with Gasteiger partial charge in [0.15, 0.2) is 0 Å². The lowest BCUT2D eigenvalue weighted by molar-refractivity contribution is 0.414. The van der Waals surface area contributed by atoms with E-state index in [0.29, 0.717) is 11.4 Å². The average Bonchev–Trinajstić information content (AvgIpc) is 2.52. The Kier molecular flexibility index (Phi) is 5.57. The number of rotatable bonds is 7. The van der Waals surface area contributed by atoms with E-state index in [1.54, 1.807) is 25.3 Å². The molecule has 0 aromatic heterocycles. The molecule has 2 aromatic rings. The van der Waals surface area contributed by atoms with Gasteiger partial charge in [0.1, 0.15) is 5.75 Å². The zero-order valence-electron chi connectivity index (χ0n) is 12.9. The molecule has 0 aliphatic rings. The van der Waals surface area contributed by atoms with Gasteiger partial charge in [-0.25, -0.2) is 13.1 Å². The maximum absolute atomic E-state index is 12.2. The van der Waals surface area contributed by atoms with E-state index in [4.69, 9.17) is 4.74 Å². The van der Waals surface area contributed by atoms with Crippen LogP contribution in [0.25, 0.3) is 0 Å². The van der Waals surface area contributed by atoms with Gasteiger partial charge in [0.05, 0.1) is 12.0 Å². The number of sulfonamides is 1. The van der Waals surface area contributed by atoms with E-state index < -0.39 is 10.0 Å². The fourth-order valence-corrected chi connectivity index (χ4v) is 3.34. The lowest BCUT2D eigenvalue weighted by atomic mass is 10.1. The lowest BCUT2D eigenvalue weighted by Crippen LogP contribution is -2.25. The van der Waals surface area contributed by atoms with Crippen molar-refractivity contribution in [2.75, 3.05) is 13.7 Å². The lowest BCUT2D eigenvalue weighted by Gasteiger charge is -2.08. The van der Waals surface area contributed by atoms with E-state index in [-0.39, 0.29) is 0 Å². The molecule has 2 aromatic carbocycles. The van der Waals surface area contributed by atoms with Crippen molar-refractivity contribution in [1.82, 2.24) is 4.72 Å². The quantitative estimate of drug-likeness (QED) is 0.798. The summed E-state index contributed by atoms with van der Waals surface area (Å²) in [6.07, 6.45) is 1.57. The number of benzene rings is 2. The third kappa shape index (κ3) is 4.58. The number of methoxy groups -OCH3 is 1. The van der Waals surface area contributed by atoms with Crippen molar-refractivity contribution in [1.29, 1.82) is 0 Å².